The Morgan fingerprint density at radius 3 is 2.02 bits per heavy atom. The fourth-order valence-corrected chi connectivity index (χ4v) is 10.8. The highest BCUT2D eigenvalue weighted by Gasteiger charge is 2.60. The molecule has 3 saturated heterocycles. The number of amides is 3. The lowest BCUT2D eigenvalue weighted by molar-refractivity contribution is -0.119. The molecule has 4 aliphatic rings. The molecule has 4 unspecified atom stereocenters. The zero-order valence-corrected chi connectivity index (χ0v) is 34.4. The van der Waals surface area contributed by atoms with Crippen molar-refractivity contribution in [2.45, 2.75) is 94.1 Å². The molecule has 0 aromatic heterocycles. The molecule has 0 spiro atoms. The molecule has 15 heteroatoms. The Morgan fingerprint density at radius 2 is 1.47 bits per heavy atom. The van der Waals surface area contributed by atoms with E-state index in [-0.39, 0.29) is 77.2 Å². The number of primary amides is 1. The summed E-state index contributed by atoms with van der Waals surface area (Å²) in [5.41, 5.74) is 4.94. The molecule has 4 aliphatic heterocycles. The van der Waals surface area contributed by atoms with E-state index in [1.165, 1.54) is 16.4 Å². The van der Waals surface area contributed by atoms with E-state index in [0.717, 1.165) is 24.0 Å². The molecule has 2 bridgehead atoms. The average molecular weight is 831 g/mol. The van der Waals surface area contributed by atoms with Crippen LogP contribution in [0.15, 0.2) is 70.6 Å². The number of carbonyl (C=O) groups excluding carboxylic acids is 2. The SMILES string of the molecule is CC(C)Oc1cc(Cl)c(S(=O)(=O)N2CC3CCC(C2)O3)cc1C1=NC(C)(c2ccc(Cl)cc2)C(C)(c2ccc(Cl)cc2)N1C(=O)N1CCC(CC(N)=O)CC1. The molecular weight excluding hydrogens is 785 g/mol. The molecule has 3 aromatic carbocycles. The van der Waals surface area contributed by atoms with Crippen LogP contribution < -0.4 is 10.5 Å². The van der Waals surface area contributed by atoms with Gasteiger partial charge in [-0.1, -0.05) is 59.1 Å². The van der Waals surface area contributed by atoms with Crippen molar-refractivity contribution in [3.05, 3.63) is 92.4 Å². The number of hydrogen-bond acceptors (Lipinski definition) is 7. The molecule has 11 nitrogen and oxygen atoms in total. The van der Waals surface area contributed by atoms with E-state index >= 15 is 4.79 Å². The summed E-state index contributed by atoms with van der Waals surface area (Å²) in [5.74, 6) is 0.172. The fourth-order valence-electron chi connectivity index (χ4n) is 8.49. The second-order valence-electron chi connectivity index (χ2n) is 15.5. The minimum absolute atomic E-state index is 0.00726. The first kappa shape index (κ1) is 39.8. The Bertz CT molecular complexity index is 2100. The molecule has 3 amide bonds. The quantitative estimate of drug-likeness (QED) is 0.236. The maximum atomic E-state index is 15.4. The van der Waals surface area contributed by atoms with Crippen LogP contribution >= 0.6 is 34.8 Å². The van der Waals surface area contributed by atoms with Crippen molar-refractivity contribution >= 4 is 62.6 Å². The van der Waals surface area contributed by atoms with E-state index in [0.29, 0.717) is 41.5 Å². The van der Waals surface area contributed by atoms with Gasteiger partial charge in [0.1, 0.15) is 27.6 Å². The summed E-state index contributed by atoms with van der Waals surface area (Å²) in [6, 6.07) is 17.3. The number of nitrogens with two attached hydrogens (primary N) is 1. The maximum absolute atomic E-state index is 15.4. The van der Waals surface area contributed by atoms with E-state index in [1.54, 1.807) is 34.1 Å². The number of amidine groups is 1. The third-order valence-electron chi connectivity index (χ3n) is 11.6. The van der Waals surface area contributed by atoms with Gasteiger partial charge in [-0.05, 0) is 101 Å². The largest absolute Gasteiger partial charge is 0.490 e. The summed E-state index contributed by atoms with van der Waals surface area (Å²) >= 11 is 19.7. The van der Waals surface area contributed by atoms with Crippen molar-refractivity contribution in [3.63, 3.8) is 0 Å². The van der Waals surface area contributed by atoms with Crippen molar-refractivity contribution in [2.75, 3.05) is 26.2 Å². The second-order valence-corrected chi connectivity index (χ2v) is 18.7. The number of morpholine rings is 1. The van der Waals surface area contributed by atoms with Crippen molar-refractivity contribution < 1.29 is 27.5 Å². The topological polar surface area (TPSA) is 135 Å². The Hall–Kier alpha value is -3.39. The van der Waals surface area contributed by atoms with Crippen molar-refractivity contribution in [3.8, 4) is 5.75 Å². The summed E-state index contributed by atoms with van der Waals surface area (Å²) in [6.07, 6.45) is 2.30. The Balaban J connectivity index is 1.44. The molecule has 4 atom stereocenters. The number of benzene rings is 3. The smallest absolute Gasteiger partial charge is 0.326 e. The molecule has 0 radical (unpaired) electrons. The lowest BCUT2D eigenvalue weighted by Gasteiger charge is -2.47. The molecular formula is C40H46Cl3N5O6S. The van der Waals surface area contributed by atoms with E-state index in [1.807, 2.05) is 52.0 Å². The molecule has 0 aliphatic carbocycles. The minimum Gasteiger partial charge on any atom is -0.490 e. The van der Waals surface area contributed by atoms with Gasteiger partial charge >= 0.3 is 6.03 Å². The molecule has 3 fully saturated rings. The van der Waals surface area contributed by atoms with Crippen LogP contribution in [0.4, 0.5) is 4.79 Å². The van der Waals surface area contributed by atoms with Crippen molar-refractivity contribution in [2.24, 2.45) is 16.6 Å². The first-order valence-electron chi connectivity index (χ1n) is 18.7. The summed E-state index contributed by atoms with van der Waals surface area (Å²) < 4.78 is 42.8. The number of piperidine rings is 1. The van der Waals surface area contributed by atoms with Crippen LogP contribution in [0.1, 0.15) is 76.5 Å². The summed E-state index contributed by atoms with van der Waals surface area (Å²) in [4.78, 5) is 35.9. The van der Waals surface area contributed by atoms with E-state index in [4.69, 9.17) is 55.0 Å². The number of halogens is 3. The van der Waals surface area contributed by atoms with Gasteiger partial charge < -0.3 is 20.1 Å². The van der Waals surface area contributed by atoms with E-state index in [9.17, 15) is 13.2 Å². The Labute approximate surface area is 337 Å². The van der Waals surface area contributed by atoms with Gasteiger partial charge in [0.05, 0.1) is 28.9 Å². The number of likely N-dealkylation sites (tertiary alicyclic amines) is 1. The van der Waals surface area contributed by atoms with Gasteiger partial charge in [-0.2, -0.15) is 4.31 Å². The average Bonchev–Trinajstić information content (AvgIpc) is 3.59. The van der Waals surface area contributed by atoms with Gasteiger partial charge in [0.15, 0.2) is 0 Å². The number of fused-ring (bicyclic) bond motifs is 2. The van der Waals surface area contributed by atoms with Crippen molar-refractivity contribution in [1.29, 1.82) is 0 Å². The normalized spacial score (nSPS) is 26.1. The van der Waals surface area contributed by atoms with Gasteiger partial charge in [0, 0.05) is 48.7 Å². The van der Waals surface area contributed by atoms with Crippen molar-refractivity contribution in [1.82, 2.24) is 14.1 Å². The lowest BCUT2D eigenvalue weighted by Crippen LogP contribution is -2.59. The highest BCUT2D eigenvalue weighted by atomic mass is 35.5. The Kier molecular flexibility index (Phi) is 11.0. The van der Waals surface area contributed by atoms with Crippen LogP contribution in [-0.4, -0.2) is 84.8 Å². The molecule has 0 saturated carbocycles. The molecule has 55 heavy (non-hydrogen) atoms. The van der Waals surface area contributed by atoms with Crippen LogP contribution in [-0.2, 0) is 30.6 Å². The van der Waals surface area contributed by atoms with Crippen LogP contribution in [0.5, 0.6) is 5.75 Å². The predicted molar refractivity (Wildman–Crippen MR) is 213 cm³/mol. The fraction of sp³-hybridized carbons (Fsp3) is 0.475. The number of aliphatic imine (C=N–C) groups is 1. The number of nitrogens with zero attached hydrogens (tertiary/aromatic N) is 4. The third kappa shape index (κ3) is 7.34. The number of rotatable bonds is 9. The van der Waals surface area contributed by atoms with Gasteiger partial charge in [0.25, 0.3) is 0 Å². The van der Waals surface area contributed by atoms with E-state index < -0.39 is 21.1 Å². The standard InChI is InChI=1S/C40H46Cl3N5O6S/c1-24(2)53-34-21-33(43)35(55(51,52)47-22-30-13-14-31(23-47)54-30)20-32(34)37-45-39(3,26-5-9-28(41)10-6-26)40(4,27-7-11-29(42)12-8-27)48(37)38(50)46-17-15-25(16-18-46)19-36(44)49/h5-12,20-21,24-25,30-31H,13-19,22-23H2,1-4H3,(H2,44,49). The number of carbonyl (C=O) groups is 2. The molecule has 4 heterocycles. The summed E-state index contributed by atoms with van der Waals surface area (Å²) in [6.45, 7) is 8.82. The van der Waals surface area contributed by atoms with Gasteiger partial charge in [-0.15, -0.1) is 0 Å². The van der Waals surface area contributed by atoms with Crippen LogP contribution in [0.3, 0.4) is 0 Å². The number of hydrogen-bond donors (Lipinski definition) is 1. The highest BCUT2D eigenvalue weighted by molar-refractivity contribution is 7.89. The minimum atomic E-state index is -4.13. The van der Waals surface area contributed by atoms with Crippen LogP contribution in [0.25, 0.3) is 0 Å². The zero-order chi connectivity index (χ0) is 39.4. The predicted octanol–water partition coefficient (Wildman–Crippen LogP) is 7.59. The molecule has 2 N–H and O–H groups in total. The summed E-state index contributed by atoms with van der Waals surface area (Å²) in [5, 5.41) is 1.05. The first-order valence-corrected chi connectivity index (χ1v) is 21.2. The summed E-state index contributed by atoms with van der Waals surface area (Å²) in [7, 11) is -4.13. The van der Waals surface area contributed by atoms with Gasteiger partial charge in [-0.3, -0.25) is 14.7 Å². The molecule has 3 aromatic rings. The zero-order valence-electron chi connectivity index (χ0n) is 31.3. The number of ether oxygens (including phenoxy) is 2. The monoisotopic (exact) mass is 829 g/mol. The molecule has 7 rings (SSSR count). The van der Waals surface area contributed by atoms with E-state index in [2.05, 4.69) is 0 Å². The molecule has 294 valence electrons. The highest BCUT2D eigenvalue weighted by Crippen LogP contribution is 2.54. The lowest BCUT2D eigenvalue weighted by atomic mass is 9.71. The maximum Gasteiger partial charge on any atom is 0.326 e. The van der Waals surface area contributed by atoms with Gasteiger partial charge in [-0.25, -0.2) is 13.2 Å². The van der Waals surface area contributed by atoms with Crippen LogP contribution in [0.2, 0.25) is 15.1 Å². The Morgan fingerprint density at radius 1 is 0.909 bits per heavy atom. The van der Waals surface area contributed by atoms with Crippen LogP contribution in [0, 0.1) is 5.92 Å². The first-order chi connectivity index (χ1) is 26.0. The second kappa shape index (κ2) is 15.2. The number of sulfonamides is 1. The van der Waals surface area contributed by atoms with Gasteiger partial charge in [0.2, 0.25) is 15.9 Å². The number of urea groups is 1. The third-order valence-corrected chi connectivity index (χ3v) is 14.4.